The van der Waals surface area contributed by atoms with E-state index in [0.29, 0.717) is 0 Å². The summed E-state index contributed by atoms with van der Waals surface area (Å²) in [6, 6.07) is 0. The van der Waals surface area contributed by atoms with E-state index in [4.69, 9.17) is 27.3 Å². The van der Waals surface area contributed by atoms with Crippen LogP contribution in [0.3, 0.4) is 0 Å². The number of hydrogen-bond donors (Lipinski definition) is 4. The second-order valence-corrected chi connectivity index (χ2v) is 7.09. The van der Waals surface area contributed by atoms with E-state index in [9.17, 15) is 4.57 Å². The maximum absolute atomic E-state index is 10.4. The first-order valence-electron chi connectivity index (χ1n) is 7.46. The van der Waals surface area contributed by atoms with Gasteiger partial charge in [-0.3, -0.25) is 13.6 Å². The molecule has 0 aromatic heterocycles. The summed E-state index contributed by atoms with van der Waals surface area (Å²) in [6.45, 7) is 2.39. The Morgan fingerprint density at radius 3 is 1.42 bits per heavy atom. The molecule has 0 fully saturated rings. The Kier molecular flexibility index (Phi) is 30.3. The van der Waals surface area contributed by atoms with Crippen LogP contribution in [-0.4, -0.2) is 101 Å². The molecule has 0 bridgehead atoms. The fourth-order valence-corrected chi connectivity index (χ4v) is 2.14. The van der Waals surface area contributed by atoms with Crippen LogP contribution in [0.15, 0.2) is 0 Å². The molecule has 0 unspecified atom stereocenters. The van der Waals surface area contributed by atoms with Crippen molar-refractivity contribution in [2.45, 2.75) is 71.1 Å². The Balaban J connectivity index is -0.000000250. The molecule has 0 aliphatic carbocycles. The third-order valence-electron chi connectivity index (χ3n) is 2.76. The quantitative estimate of drug-likeness (QED) is 0.159. The number of phosphoric acid groups is 1. The third kappa shape index (κ3) is 49.6. The Bertz CT molecular complexity index is 383. The molecule has 142 valence electrons. The van der Waals surface area contributed by atoms with Gasteiger partial charge in [0.25, 0.3) is 0 Å². The van der Waals surface area contributed by atoms with Crippen molar-refractivity contribution in [3.05, 3.63) is 0 Å². The van der Waals surface area contributed by atoms with Gasteiger partial charge in [-0.15, -0.1) is 0 Å². The number of phosphoric ester groups is 1. The van der Waals surface area contributed by atoms with Crippen molar-refractivity contribution in [3.8, 4) is 0 Å². The van der Waals surface area contributed by atoms with Crippen LogP contribution in [0.1, 0.15) is 71.1 Å². The van der Waals surface area contributed by atoms with E-state index < -0.39 is 18.2 Å². The molecule has 24 heavy (non-hydrogen) atoms. The Morgan fingerprint density at radius 1 is 0.833 bits per heavy atom. The van der Waals surface area contributed by atoms with E-state index in [1.54, 1.807) is 0 Å². The number of hydrogen-bond acceptors (Lipinski definition) is 4. The SMILES string of the molecule is CCCCCCCCCCCCOP(=O)(O)O.O=S(=O)(O)O.[CaH2].[NaH]. The van der Waals surface area contributed by atoms with E-state index in [1.807, 2.05) is 0 Å². The van der Waals surface area contributed by atoms with Gasteiger partial charge in [-0.25, -0.2) is 4.57 Å². The molecule has 4 N–H and O–H groups in total. The molecule has 0 aromatic rings. The molecule has 0 spiro atoms. The van der Waals surface area contributed by atoms with E-state index in [0.717, 1.165) is 19.3 Å². The van der Waals surface area contributed by atoms with Crippen molar-refractivity contribution in [2.75, 3.05) is 6.61 Å². The number of rotatable bonds is 12. The summed E-state index contributed by atoms with van der Waals surface area (Å²) in [4.78, 5) is 16.9. The first-order valence-corrected chi connectivity index (χ1v) is 10.4. The van der Waals surface area contributed by atoms with Crippen molar-refractivity contribution >= 4 is 85.5 Å². The van der Waals surface area contributed by atoms with Crippen LogP contribution in [-0.2, 0) is 19.5 Å². The van der Waals surface area contributed by atoms with Gasteiger partial charge >= 0.3 is 85.5 Å². The standard InChI is InChI=1S/C12H27O4P.Ca.Na.H2O4S.3H/c1-2-3-4-5-6-7-8-9-10-11-12-16-17(13,14)15;;;1-5(2,3)4;;;/h2-12H2,1H3,(H2,13,14,15);;;(H2,1,2,3,4);;;. The minimum atomic E-state index is -4.67. The molecule has 0 amide bonds. The molecule has 0 atom stereocenters. The zero-order valence-corrected chi connectivity index (χ0v) is 14.8. The molecule has 0 aliphatic heterocycles. The van der Waals surface area contributed by atoms with Gasteiger partial charge in [-0.05, 0) is 6.42 Å². The van der Waals surface area contributed by atoms with Gasteiger partial charge in [0.05, 0.1) is 6.61 Å². The first-order chi connectivity index (χ1) is 10.1. The van der Waals surface area contributed by atoms with Crippen molar-refractivity contribution in [2.24, 2.45) is 0 Å². The molecule has 0 heterocycles. The molecular weight excluding hydrogens is 398 g/mol. The first kappa shape index (κ1) is 33.8. The van der Waals surface area contributed by atoms with Crippen LogP contribution in [0.5, 0.6) is 0 Å². The van der Waals surface area contributed by atoms with Crippen LogP contribution in [0.4, 0.5) is 0 Å². The fraction of sp³-hybridized carbons (Fsp3) is 1.00. The zero-order valence-electron chi connectivity index (χ0n) is 13.1. The van der Waals surface area contributed by atoms with Gasteiger partial charge in [0, 0.05) is 0 Å². The Hall–Kier alpha value is 2.24. The molecule has 0 aliphatic rings. The fourth-order valence-electron chi connectivity index (χ4n) is 1.77. The topological polar surface area (TPSA) is 141 Å². The van der Waals surface area contributed by atoms with Crippen LogP contribution < -0.4 is 0 Å². The summed E-state index contributed by atoms with van der Waals surface area (Å²) < 4.78 is 46.3. The third-order valence-corrected chi connectivity index (χ3v) is 3.28. The maximum atomic E-state index is 10.4. The Labute approximate surface area is 197 Å². The zero-order chi connectivity index (χ0) is 17.5. The van der Waals surface area contributed by atoms with Gasteiger partial charge < -0.3 is 9.79 Å². The molecule has 0 saturated heterocycles. The van der Waals surface area contributed by atoms with Crippen LogP contribution in [0.25, 0.3) is 0 Å². The predicted octanol–water partition coefficient (Wildman–Crippen LogP) is 1.80. The van der Waals surface area contributed by atoms with E-state index in [1.165, 1.54) is 44.9 Å². The minimum absolute atomic E-state index is 0. The van der Waals surface area contributed by atoms with E-state index >= 15 is 0 Å². The van der Waals surface area contributed by atoms with Crippen LogP contribution >= 0.6 is 7.82 Å². The molecule has 0 aromatic carbocycles. The van der Waals surface area contributed by atoms with Crippen molar-refractivity contribution < 1.29 is 36.4 Å². The summed E-state index contributed by atoms with van der Waals surface area (Å²) in [5.74, 6) is 0. The average molecular weight is 430 g/mol. The molecule has 12 heteroatoms. The van der Waals surface area contributed by atoms with Crippen LogP contribution in [0.2, 0.25) is 0 Å². The van der Waals surface area contributed by atoms with Crippen molar-refractivity contribution in [3.63, 3.8) is 0 Å². The van der Waals surface area contributed by atoms with Gasteiger partial charge in [0.2, 0.25) is 0 Å². The monoisotopic (exact) mass is 430 g/mol. The van der Waals surface area contributed by atoms with Gasteiger partial charge in [0.1, 0.15) is 0 Å². The average Bonchev–Trinajstić information content (AvgIpc) is 2.32. The number of unbranched alkanes of at least 4 members (excludes halogenated alkanes) is 9. The molecule has 0 saturated carbocycles. The van der Waals surface area contributed by atoms with Crippen molar-refractivity contribution in [1.82, 2.24) is 0 Å². The van der Waals surface area contributed by atoms with E-state index in [2.05, 4.69) is 11.4 Å². The van der Waals surface area contributed by atoms with Crippen molar-refractivity contribution in [1.29, 1.82) is 0 Å². The molecule has 8 nitrogen and oxygen atoms in total. The predicted molar refractivity (Wildman–Crippen MR) is 99.7 cm³/mol. The summed E-state index contributed by atoms with van der Waals surface area (Å²) in [5.41, 5.74) is 0. The normalized spacial score (nSPS) is 10.9. The molecule has 0 rings (SSSR count). The second kappa shape index (κ2) is 21.5. The van der Waals surface area contributed by atoms with E-state index in [-0.39, 0.29) is 73.9 Å². The Morgan fingerprint density at radius 2 is 1.12 bits per heavy atom. The van der Waals surface area contributed by atoms with Gasteiger partial charge in [-0.2, -0.15) is 8.42 Å². The molecule has 0 radical (unpaired) electrons. The van der Waals surface area contributed by atoms with Gasteiger partial charge in [-0.1, -0.05) is 64.7 Å². The molecular formula is C12H32CaNaO8PS. The summed E-state index contributed by atoms with van der Waals surface area (Å²) in [6.07, 6.45) is 12.0. The summed E-state index contributed by atoms with van der Waals surface area (Å²) in [5, 5.41) is 0. The van der Waals surface area contributed by atoms with Crippen LogP contribution in [0, 0.1) is 0 Å². The summed E-state index contributed by atoms with van der Waals surface area (Å²) in [7, 11) is -8.91. The second-order valence-electron chi connectivity index (χ2n) is 4.95. The van der Waals surface area contributed by atoms with Gasteiger partial charge in [0.15, 0.2) is 0 Å². The summed E-state index contributed by atoms with van der Waals surface area (Å²) >= 11 is 0.